The van der Waals surface area contributed by atoms with Gasteiger partial charge < -0.3 is 0 Å². The number of aromatic nitrogens is 1. The minimum absolute atomic E-state index is 0.164. The van der Waals surface area contributed by atoms with E-state index in [4.69, 9.17) is 5.73 Å². The first-order valence-corrected chi connectivity index (χ1v) is 2.87. The zero-order valence-electron chi connectivity index (χ0n) is 4.66. The molecule has 0 amide bonds. The lowest BCUT2D eigenvalue weighted by Gasteiger charge is -1.90. The average molecular weight is 137 g/mol. The molecule has 3 heteroatoms. The molecule has 0 atom stereocenters. The lowest BCUT2D eigenvalue weighted by atomic mass is 10.3. The number of hydrogen-bond acceptors (Lipinski definition) is 2. The van der Waals surface area contributed by atoms with Crippen LogP contribution in [0.4, 0.5) is 0 Å². The molecule has 1 rings (SSSR count). The van der Waals surface area contributed by atoms with Crippen LogP contribution in [-0.2, 0) is 0 Å². The third-order valence-electron chi connectivity index (χ3n) is 0.943. The maximum Gasteiger partial charge on any atom is 0.125 e. The molecule has 1 aromatic rings. The predicted molar refractivity (Wildman–Crippen MR) is 39.0 cm³/mol. The van der Waals surface area contributed by atoms with E-state index in [0.717, 1.165) is 5.56 Å². The van der Waals surface area contributed by atoms with Crippen molar-refractivity contribution in [3.05, 3.63) is 30.1 Å². The van der Waals surface area contributed by atoms with E-state index in [1.54, 1.807) is 24.5 Å². The highest BCUT2D eigenvalue weighted by molar-refractivity contribution is 7.80. The summed E-state index contributed by atoms with van der Waals surface area (Å²) in [6.07, 6.45) is 3.24. The predicted octanol–water partition coefficient (Wildman–Crippen LogP) is 1.04. The first-order valence-electron chi connectivity index (χ1n) is 2.46. The van der Waals surface area contributed by atoms with Crippen molar-refractivity contribution in [3.8, 4) is 0 Å². The van der Waals surface area contributed by atoms with Crippen LogP contribution < -0.4 is 5.73 Å². The van der Waals surface area contributed by atoms with E-state index in [1.165, 1.54) is 0 Å². The molecular weight excluding hydrogens is 132 g/mol. The molecule has 1 heterocycles. The van der Waals surface area contributed by atoms with Gasteiger partial charge in [-0.2, -0.15) is 0 Å². The maximum absolute atomic E-state index is 7.02. The van der Waals surface area contributed by atoms with Crippen LogP contribution >= 0.6 is 12.2 Å². The summed E-state index contributed by atoms with van der Waals surface area (Å²) in [5.74, 6) is 0. The number of rotatable bonds is 1. The molecule has 2 nitrogen and oxygen atoms in total. The van der Waals surface area contributed by atoms with Crippen molar-refractivity contribution in [2.24, 2.45) is 0 Å². The molecule has 0 aliphatic heterocycles. The molecule has 0 bridgehead atoms. The molecule has 0 aromatic carbocycles. The first-order chi connectivity index (χ1) is 4.30. The largest absolute Gasteiger partial charge is 0.289 e. The molecule has 1 aromatic heterocycles. The van der Waals surface area contributed by atoms with Crippen molar-refractivity contribution in [2.75, 3.05) is 0 Å². The van der Waals surface area contributed by atoms with Gasteiger partial charge in [-0.3, -0.25) is 10.7 Å². The monoisotopic (exact) mass is 137 g/mol. The summed E-state index contributed by atoms with van der Waals surface area (Å²) < 4.78 is 0. The Morgan fingerprint density at radius 2 is 2.00 bits per heavy atom. The minimum atomic E-state index is 0.164. The van der Waals surface area contributed by atoms with Gasteiger partial charge in [0.05, 0.1) is 0 Å². The molecule has 1 N–H and O–H groups in total. The van der Waals surface area contributed by atoms with E-state index >= 15 is 0 Å². The van der Waals surface area contributed by atoms with Gasteiger partial charge in [0.2, 0.25) is 0 Å². The summed E-state index contributed by atoms with van der Waals surface area (Å²) in [6.45, 7) is 0. The van der Waals surface area contributed by atoms with Crippen LogP contribution in [0.5, 0.6) is 0 Å². The van der Waals surface area contributed by atoms with E-state index < -0.39 is 0 Å². The zero-order valence-corrected chi connectivity index (χ0v) is 5.48. The summed E-state index contributed by atoms with van der Waals surface area (Å²) >= 11 is 4.60. The highest BCUT2D eigenvalue weighted by atomic mass is 32.1. The summed E-state index contributed by atoms with van der Waals surface area (Å²) in [7, 11) is 0. The zero-order chi connectivity index (χ0) is 6.69. The number of hydrogen-bond donors (Lipinski definition) is 0. The first kappa shape index (κ1) is 6.16. The molecule has 1 radical (unpaired) electrons. The van der Waals surface area contributed by atoms with Gasteiger partial charge in [0.1, 0.15) is 4.99 Å². The number of nitrogens with one attached hydrogen (secondary N) is 1. The van der Waals surface area contributed by atoms with Gasteiger partial charge in [-0.05, 0) is 12.1 Å². The standard InChI is InChI=1S/C6H5N2S/c7-6(9)5-1-3-8-4-2-5/h1-4,7H. The second kappa shape index (κ2) is 2.55. The molecular formula is C6H5N2S. The molecule has 0 aliphatic rings. The van der Waals surface area contributed by atoms with Crippen molar-refractivity contribution < 1.29 is 0 Å². The van der Waals surface area contributed by atoms with Gasteiger partial charge in [-0.25, -0.2) is 0 Å². The molecule has 0 unspecified atom stereocenters. The normalized spacial score (nSPS) is 8.89. The quantitative estimate of drug-likeness (QED) is 0.542. The van der Waals surface area contributed by atoms with Crippen molar-refractivity contribution in [1.29, 1.82) is 0 Å². The Kier molecular flexibility index (Phi) is 1.75. The fourth-order valence-electron chi connectivity index (χ4n) is 0.503. The Balaban J connectivity index is 2.98. The van der Waals surface area contributed by atoms with Crippen molar-refractivity contribution >= 4 is 17.2 Å². The van der Waals surface area contributed by atoms with E-state index in [-0.39, 0.29) is 4.99 Å². The van der Waals surface area contributed by atoms with E-state index in [1.807, 2.05) is 0 Å². The third-order valence-corrected chi connectivity index (χ3v) is 1.18. The maximum atomic E-state index is 7.02. The summed E-state index contributed by atoms with van der Waals surface area (Å²) in [5.41, 5.74) is 7.77. The van der Waals surface area contributed by atoms with Gasteiger partial charge >= 0.3 is 0 Å². The Morgan fingerprint density at radius 1 is 1.44 bits per heavy atom. The van der Waals surface area contributed by atoms with Gasteiger partial charge in [0.15, 0.2) is 0 Å². The smallest absolute Gasteiger partial charge is 0.125 e. The molecule has 0 spiro atoms. The fourth-order valence-corrected chi connectivity index (χ4v) is 0.639. The lowest BCUT2D eigenvalue weighted by Crippen LogP contribution is -1.95. The number of thiocarbonyl (C=S) groups is 1. The van der Waals surface area contributed by atoms with Crippen LogP contribution in [0.15, 0.2) is 24.5 Å². The molecule has 45 valence electrons. The molecule has 9 heavy (non-hydrogen) atoms. The summed E-state index contributed by atoms with van der Waals surface area (Å²) in [5, 5.41) is 0. The minimum Gasteiger partial charge on any atom is -0.289 e. The fraction of sp³-hybridized carbons (Fsp3) is 0. The lowest BCUT2D eigenvalue weighted by molar-refractivity contribution is 1.32. The topological polar surface area (TPSA) is 36.7 Å². The highest BCUT2D eigenvalue weighted by Gasteiger charge is 1.91. The second-order valence-electron chi connectivity index (χ2n) is 1.57. The molecule has 0 saturated carbocycles. The van der Waals surface area contributed by atoms with Gasteiger partial charge in [0, 0.05) is 18.0 Å². The SMILES string of the molecule is [NH]C(=S)c1ccncc1. The Hall–Kier alpha value is -0.960. The van der Waals surface area contributed by atoms with Crippen LogP contribution in [0.3, 0.4) is 0 Å². The van der Waals surface area contributed by atoms with Crippen molar-refractivity contribution in [1.82, 2.24) is 10.7 Å². The second-order valence-corrected chi connectivity index (χ2v) is 1.97. The Labute approximate surface area is 58.7 Å². The van der Waals surface area contributed by atoms with Gasteiger partial charge in [-0.15, -0.1) is 0 Å². The van der Waals surface area contributed by atoms with Gasteiger partial charge in [-0.1, -0.05) is 12.2 Å². The van der Waals surface area contributed by atoms with Crippen LogP contribution in [-0.4, -0.2) is 9.97 Å². The highest BCUT2D eigenvalue weighted by Crippen LogP contribution is 1.94. The van der Waals surface area contributed by atoms with Crippen LogP contribution in [0.25, 0.3) is 0 Å². The van der Waals surface area contributed by atoms with Gasteiger partial charge in [0.25, 0.3) is 0 Å². The Morgan fingerprint density at radius 3 is 2.33 bits per heavy atom. The number of nitrogens with zero attached hydrogens (tertiary/aromatic N) is 1. The molecule has 0 aliphatic carbocycles. The molecule has 0 saturated heterocycles. The van der Waals surface area contributed by atoms with Crippen LogP contribution in [0, 0.1) is 0 Å². The summed E-state index contributed by atoms with van der Waals surface area (Å²) in [6, 6.07) is 3.44. The van der Waals surface area contributed by atoms with E-state index in [2.05, 4.69) is 17.2 Å². The average Bonchev–Trinajstić information content (AvgIpc) is 1.90. The van der Waals surface area contributed by atoms with E-state index in [9.17, 15) is 0 Å². The Bertz CT molecular complexity index is 208. The summed E-state index contributed by atoms with van der Waals surface area (Å²) in [4.78, 5) is 3.95. The van der Waals surface area contributed by atoms with Crippen LogP contribution in [0.2, 0.25) is 0 Å². The molecule has 0 fully saturated rings. The van der Waals surface area contributed by atoms with E-state index in [0.29, 0.717) is 0 Å². The van der Waals surface area contributed by atoms with Crippen LogP contribution in [0.1, 0.15) is 5.56 Å². The van der Waals surface area contributed by atoms with Crippen molar-refractivity contribution in [3.63, 3.8) is 0 Å². The number of pyridine rings is 1. The third kappa shape index (κ3) is 1.47. The van der Waals surface area contributed by atoms with Crippen molar-refractivity contribution in [2.45, 2.75) is 0 Å².